The summed E-state index contributed by atoms with van der Waals surface area (Å²) >= 11 is 0. The SMILES string of the molecule is CCC(C)NC(=O)c1cnn(CC)c1.[HH]. The van der Waals surface area contributed by atoms with E-state index >= 15 is 0 Å². The van der Waals surface area contributed by atoms with E-state index in [0.717, 1.165) is 13.0 Å². The highest BCUT2D eigenvalue weighted by Gasteiger charge is 2.09. The van der Waals surface area contributed by atoms with Crippen LogP contribution in [0, 0.1) is 0 Å². The highest BCUT2D eigenvalue weighted by atomic mass is 16.1. The Balaban J connectivity index is 0.00000196. The Bertz CT molecular complexity index is 311. The van der Waals surface area contributed by atoms with Crippen LogP contribution >= 0.6 is 0 Å². The average molecular weight is 197 g/mol. The topological polar surface area (TPSA) is 46.9 Å². The standard InChI is InChI=1S/C10H17N3O.H2/c1-4-8(3)12-10(14)9-6-11-13(5-2)7-9;/h6-8H,4-5H2,1-3H3,(H,12,14);1H. The first-order valence-electron chi connectivity index (χ1n) is 5.00. The van der Waals surface area contributed by atoms with Crippen LogP contribution in [-0.2, 0) is 6.54 Å². The summed E-state index contributed by atoms with van der Waals surface area (Å²) in [6, 6.07) is 0.215. The van der Waals surface area contributed by atoms with E-state index in [1.165, 1.54) is 0 Å². The monoisotopic (exact) mass is 197 g/mol. The second-order valence-corrected chi connectivity index (χ2v) is 3.37. The van der Waals surface area contributed by atoms with Crippen molar-refractivity contribution in [3.8, 4) is 0 Å². The van der Waals surface area contributed by atoms with Crippen molar-refractivity contribution in [1.82, 2.24) is 15.1 Å². The minimum absolute atomic E-state index is 0. The molecule has 1 heterocycles. The zero-order chi connectivity index (χ0) is 10.6. The third-order valence-corrected chi connectivity index (χ3v) is 2.21. The van der Waals surface area contributed by atoms with Crippen LogP contribution in [0.5, 0.6) is 0 Å². The van der Waals surface area contributed by atoms with E-state index in [1.54, 1.807) is 17.1 Å². The lowest BCUT2D eigenvalue weighted by Gasteiger charge is -2.09. The minimum atomic E-state index is -0.0425. The molecule has 1 aromatic heterocycles. The van der Waals surface area contributed by atoms with Crippen LogP contribution in [0.1, 0.15) is 39.0 Å². The van der Waals surface area contributed by atoms with Crippen molar-refractivity contribution < 1.29 is 6.22 Å². The molecule has 4 heteroatoms. The number of aryl methyl sites for hydroxylation is 1. The van der Waals surface area contributed by atoms with Crippen LogP contribution in [0.15, 0.2) is 12.4 Å². The van der Waals surface area contributed by atoms with Crippen LogP contribution in [0.4, 0.5) is 0 Å². The van der Waals surface area contributed by atoms with E-state index in [1.807, 2.05) is 20.8 Å². The summed E-state index contributed by atoms with van der Waals surface area (Å²) in [6.45, 7) is 6.81. The molecule has 1 N–H and O–H groups in total. The summed E-state index contributed by atoms with van der Waals surface area (Å²) in [5, 5.41) is 6.94. The van der Waals surface area contributed by atoms with Gasteiger partial charge in [0, 0.05) is 20.2 Å². The van der Waals surface area contributed by atoms with Crippen molar-refractivity contribution in [2.24, 2.45) is 0 Å². The van der Waals surface area contributed by atoms with Gasteiger partial charge in [-0.05, 0) is 20.3 Å². The first kappa shape index (κ1) is 10.8. The maximum absolute atomic E-state index is 11.6. The highest BCUT2D eigenvalue weighted by Crippen LogP contribution is 1.99. The number of hydrogen-bond acceptors (Lipinski definition) is 2. The maximum Gasteiger partial charge on any atom is 0.254 e. The van der Waals surface area contributed by atoms with Gasteiger partial charge in [-0.3, -0.25) is 9.48 Å². The number of rotatable bonds is 4. The van der Waals surface area contributed by atoms with E-state index < -0.39 is 0 Å². The van der Waals surface area contributed by atoms with Gasteiger partial charge >= 0.3 is 0 Å². The third-order valence-electron chi connectivity index (χ3n) is 2.21. The van der Waals surface area contributed by atoms with Gasteiger partial charge in [-0.25, -0.2) is 0 Å². The number of aromatic nitrogens is 2. The lowest BCUT2D eigenvalue weighted by Crippen LogP contribution is -2.31. The van der Waals surface area contributed by atoms with Crippen molar-refractivity contribution in [2.75, 3.05) is 0 Å². The fourth-order valence-electron chi connectivity index (χ4n) is 1.06. The first-order chi connectivity index (χ1) is 6.67. The zero-order valence-corrected chi connectivity index (χ0v) is 8.95. The fraction of sp³-hybridized carbons (Fsp3) is 0.600. The van der Waals surface area contributed by atoms with Crippen molar-refractivity contribution in [3.63, 3.8) is 0 Å². The van der Waals surface area contributed by atoms with Crippen LogP contribution in [-0.4, -0.2) is 21.7 Å². The van der Waals surface area contributed by atoms with Gasteiger partial charge in [0.15, 0.2) is 0 Å². The van der Waals surface area contributed by atoms with Crippen molar-refractivity contribution >= 4 is 5.91 Å². The summed E-state index contributed by atoms with van der Waals surface area (Å²) in [7, 11) is 0. The lowest BCUT2D eigenvalue weighted by atomic mass is 10.2. The molecule has 14 heavy (non-hydrogen) atoms. The van der Waals surface area contributed by atoms with E-state index in [4.69, 9.17) is 0 Å². The van der Waals surface area contributed by atoms with Gasteiger partial charge in [-0.1, -0.05) is 6.92 Å². The quantitative estimate of drug-likeness (QED) is 0.798. The molecular weight excluding hydrogens is 178 g/mol. The third kappa shape index (κ3) is 2.58. The van der Waals surface area contributed by atoms with E-state index in [9.17, 15) is 4.79 Å². The van der Waals surface area contributed by atoms with Crippen molar-refractivity contribution in [1.29, 1.82) is 0 Å². The summed E-state index contributed by atoms with van der Waals surface area (Å²) in [4.78, 5) is 11.6. The Labute approximate surface area is 85.8 Å². The molecule has 1 amide bonds. The second kappa shape index (κ2) is 4.79. The Morgan fingerprint density at radius 2 is 2.43 bits per heavy atom. The molecule has 80 valence electrons. The molecule has 0 aliphatic rings. The second-order valence-electron chi connectivity index (χ2n) is 3.37. The Kier molecular flexibility index (Phi) is 3.68. The largest absolute Gasteiger partial charge is 0.350 e. The fourth-order valence-corrected chi connectivity index (χ4v) is 1.06. The number of nitrogens with one attached hydrogen (secondary N) is 1. The average Bonchev–Trinajstić information content (AvgIpc) is 2.65. The van der Waals surface area contributed by atoms with Gasteiger partial charge in [-0.15, -0.1) is 0 Å². The van der Waals surface area contributed by atoms with Crippen molar-refractivity contribution in [2.45, 2.75) is 39.8 Å². The van der Waals surface area contributed by atoms with Crippen LogP contribution in [0.3, 0.4) is 0 Å². The Hall–Kier alpha value is -1.32. The van der Waals surface area contributed by atoms with Gasteiger partial charge in [0.25, 0.3) is 5.91 Å². The molecule has 0 radical (unpaired) electrons. The normalized spacial score (nSPS) is 12.5. The molecule has 0 spiro atoms. The number of carbonyl (C=O) groups excluding carboxylic acids is 1. The van der Waals surface area contributed by atoms with Gasteiger partial charge < -0.3 is 5.32 Å². The maximum atomic E-state index is 11.6. The summed E-state index contributed by atoms with van der Waals surface area (Å²) in [5.41, 5.74) is 0.632. The first-order valence-corrected chi connectivity index (χ1v) is 5.00. The van der Waals surface area contributed by atoms with Gasteiger partial charge in [-0.2, -0.15) is 5.10 Å². The minimum Gasteiger partial charge on any atom is -0.350 e. The molecule has 4 nitrogen and oxygen atoms in total. The molecule has 0 aliphatic heterocycles. The molecule has 0 saturated carbocycles. The molecular formula is C10H19N3O. The smallest absolute Gasteiger partial charge is 0.254 e. The van der Waals surface area contributed by atoms with Crippen LogP contribution in [0.2, 0.25) is 0 Å². The van der Waals surface area contributed by atoms with Crippen molar-refractivity contribution in [3.05, 3.63) is 18.0 Å². The molecule has 0 saturated heterocycles. The Morgan fingerprint density at radius 1 is 1.71 bits per heavy atom. The predicted molar refractivity (Wildman–Crippen MR) is 57.2 cm³/mol. The van der Waals surface area contributed by atoms with Gasteiger partial charge in [0.1, 0.15) is 0 Å². The molecule has 0 bridgehead atoms. The van der Waals surface area contributed by atoms with E-state index in [0.29, 0.717) is 5.56 Å². The van der Waals surface area contributed by atoms with Gasteiger partial charge in [0.05, 0.1) is 11.8 Å². The summed E-state index contributed by atoms with van der Waals surface area (Å²) in [6.07, 6.45) is 4.30. The highest BCUT2D eigenvalue weighted by molar-refractivity contribution is 5.93. The number of hydrogen-bond donors (Lipinski definition) is 1. The lowest BCUT2D eigenvalue weighted by molar-refractivity contribution is 0.0939. The van der Waals surface area contributed by atoms with Crippen LogP contribution < -0.4 is 5.32 Å². The van der Waals surface area contributed by atoms with Gasteiger partial charge in [0.2, 0.25) is 0 Å². The molecule has 0 aliphatic carbocycles. The number of amides is 1. The summed E-state index contributed by atoms with van der Waals surface area (Å²) in [5.74, 6) is -0.0425. The van der Waals surface area contributed by atoms with E-state index in [-0.39, 0.29) is 13.4 Å². The summed E-state index contributed by atoms with van der Waals surface area (Å²) < 4.78 is 1.74. The zero-order valence-electron chi connectivity index (χ0n) is 8.95. The molecule has 1 unspecified atom stereocenters. The Morgan fingerprint density at radius 3 is 2.93 bits per heavy atom. The molecule has 1 rings (SSSR count). The molecule has 1 atom stereocenters. The molecule has 0 aromatic carbocycles. The van der Waals surface area contributed by atoms with E-state index in [2.05, 4.69) is 10.4 Å². The number of nitrogens with zero attached hydrogens (tertiary/aromatic N) is 2. The molecule has 0 fully saturated rings. The predicted octanol–water partition coefficient (Wildman–Crippen LogP) is 1.68. The molecule has 1 aromatic rings. The number of carbonyl (C=O) groups is 1. The van der Waals surface area contributed by atoms with Crippen LogP contribution in [0.25, 0.3) is 0 Å².